The number of aliphatic hydroxyl groups is 1. The molecule has 0 aromatic heterocycles. The van der Waals surface area contributed by atoms with Gasteiger partial charge in [-0.1, -0.05) is 64.2 Å². The molecule has 0 radical (unpaired) electrons. The number of aliphatic hydroxyl groups excluding tert-OH is 1. The molecular weight excluding hydrogens is 172 g/mol. The van der Waals surface area contributed by atoms with Crippen LogP contribution in [0.4, 0.5) is 0 Å². The number of unbranched alkanes of at least 4 members (excludes halogenated alkanes) is 4. The molecule has 1 rings (SSSR count). The van der Waals surface area contributed by atoms with Crippen LogP contribution in [0.3, 0.4) is 0 Å². The fourth-order valence-electron chi connectivity index (χ4n) is 2.55. The molecule has 0 unspecified atom stereocenters. The highest BCUT2D eigenvalue weighted by Gasteiger charge is 2.12. The predicted molar refractivity (Wildman–Crippen MR) is 61.4 cm³/mol. The second-order valence-corrected chi connectivity index (χ2v) is 4.78. The summed E-state index contributed by atoms with van der Waals surface area (Å²) in [5.41, 5.74) is 0. The molecule has 1 N–H and O–H groups in total. The van der Waals surface area contributed by atoms with Crippen molar-refractivity contribution in [2.24, 2.45) is 5.92 Å². The van der Waals surface area contributed by atoms with E-state index in [1.807, 2.05) is 0 Å². The van der Waals surface area contributed by atoms with Crippen LogP contribution in [-0.4, -0.2) is 11.7 Å². The zero-order chi connectivity index (χ0) is 10.1. The molecule has 1 nitrogen and oxygen atoms in total. The van der Waals surface area contributed by atoms with Gasteiger partial charge in [0, 0.05) is 6.61 Å². The van der Waals surface area contributed by atoms with E-state index in [-0.39, 0.29) is 0 Å². The maximum absolute atomic E-state index is 8.63. The first kappa shape index (κ1) is 12.0. The Morgan fingerprint density at radius 2 is 1.43 bits per heavy atom. The molecule has 14 heavy (non-hydrogen) atoms. The molecule has 0 saturated heterocycles. The molecule has 1 saturated carbocycles. The summed E-state index contributed by atoms with van der Waals surface area (Å²) in [6.45, 7) is 0.378. The third kappa shape index (κ3) is 5.64. The van der Waals surface area contributed by atoms with Crippen LogP contribution in [0.25, 0.3) is 0 Å². The highest BCUT2D eigenvalue weighted by atomic mass is 16.2. The van der Waals surface area contributed by atoms with Gasteiger partial charge in [-0.05, 0) is 12.3 Å². The van der Waals surface area contributed by atoms with Crippen LogP contribution in [0.15, 0.2) is 0 Å². The van der Waals surface area contributed by atoms with Crippen LogP contribution < -0.4 is 0 Å². The monoisotopic (exact) mass is 198 g/mol. The van der Waals surface area contributed by atoms with Crippen molar-refractivity contribution in [3.63, 3.8) is 0 Å². The molecule has 0 heterocycles. The fraction of sp³-hybridized carbons (Fsp3) is 1.00. The van der Waals surface area contributed by atoms with Gasteiger partial charge in [0.25, 0.3) is 0 Å². The van der Waals surface area contributed by atoms with Gasteiger partial charge in [-0.3, -0.25) is 0 Å². The largest absolute Gasteiger partial charge is 0.396 e. The first-order valence-corrected chi connectivity index (χ1v) is 6.54. The van der Waals surface area contributed by atoms with Gasteiger partial charge in [-0.25, -0.2) is 0 Å². The van der Waals surface area contributed by atoms with Gasteiger partial charge >= 0.3 is 0 Å². The van der Waals surface area contributed by atoms with E-state index in [2.05, 4.69) is 0 Å². The Bertz CT molecular complexity index is 116. The minimum absolute atomic E-state index is 0.378. The highest BCUT2D eigenvalue weighted by Crippen LogP contribution is 2.27. The molecule has 0 aromatic rings. The molecule has 0 bridgehead atoms. The SMILES string of the molecule is OCCCCCCCC1CCCCC1. The molecular formula is C13H26O. The van der Waals surface area contributed by atoms with Crippen molar-refractivity contribution in [2.75, 3.05) is 6.61 Å². The summed E-state index contributed by atoms with van der Waals surface area (Å²) >= 11 is 0. The number of hydrogen-bond donors (Lipinski definition) is 1. The molecule has 0 spiro atoms. The number of rotatable bonds is 7. The quantitative estimate of drug-likeness (QED) is 0.615. The topological polar surface area (TPSA) is 20.2 Å². The van der Waals surface area contributed by atoms with Crippen molar-refractivity contribution >= 4 is 0 Å². The van der Waals surface area contributed by atoms with Crippen molar-refractivity contribution < 1.29 is 5.11 Å². The molecule has 0 atom stereocenters. The van der Waals surface area contributed by atoms with Gasteiger partial charge in [0.2, 0.25) is 0 Å². The lowest BCUT2D eigenvalue weighted by molar-refractivity contribution is 0.281. The van der Waals surface area contributed by atoms with Gasteiger partial charge in [-0.2, -0.15) is 0 Å². The Labute approximate surface area is 88.9 Å². The van der Waals surface area contributed by atoms with Crippen molar-refractivity contribution in [3.05, 3.63) is 0 Å². The van der Waals surface area contributed by atoms with Crippen molar-refractivity contribution in [1.29, 1.82) is 0 Å². The molecule has 84 valence electrons. The van der Waals surface area contributed by atoms with Crippen LogP contribution in [0, 0.1) is 5.92 Å². The van der Waals surface area contributed by atoms with E-state index in [9.17, 15) is 0 Å². The maximum Gasteiger partial charge on any atom is 0.0431 e. The van der Waals surface area contributed by atoms with Gasteiger partial charge in [0.05, 0.1) is 0 Å². The summed E-state index contributed by atoms with van der Waals surface area (Å²) in [5.74, 6) is 1.06. The third-order valence-corrected chi connectivity index (χ3v) is 3.50. The Morgan fingerprint density at radius 1 is 0.786 bits per heavy atom. The standard InChI is InChI=1S/C13H26O/c14-12-8-3-1-2-5-9-13-10-6-4-7-11-13/h13-14H,1-12H2. The summed E-state index contributed by atoms with van der Waals surface area (Å²) in [5, 5.41) is 8.63. The molecule has 0 aliphatic heterocycles. The summed E-state index contributed by atoms with van der Waals surface area (Å²) in [4.78, 5) is 0. The van der Waals surface area contributed by atoms with E-state index >= 15 is 0 Å². The summed E-state index contributed by atoms with van der Waals surface area (Å²) in [6, 6.07) is 0. The Morgan fingerprint density at radius 3 is 2.14 bits per heavy atom. The van der Waals surface area contributed by atoms with Crippen molar-refractivity contribution in [1.82, 2.24) is 0 Å². The van der Waals surface area contributed by atoms with E-state index < -0.39 is 0 Å². The zero-order valence-electron chi connectivity index (χ0n) is 9.51. The molecule has 1 heteroatoms. The van der Waals surface area contributed by atoms with E-state index in [1.165, 1.54) is 64.2 Å². The zero-order valence-corrected chi connectivity index (χ0v) is 9.51. The first-order valence-electron chi connectivity index (χ1n) is 6.54. The third-order valence-electron chi connectivity index (χ3n) is 3.50. The summed E-state index contributed by atoms with van der Waals surface area (Å²) < 4.78 is 0. The molecule has 1 fully saturated rings. The average molecular weight is 198 g/mol. The molecule has 1 aliphatic rings. The van der Waals surface area contributed by atoms with Crippen LogP contribution in [-0.2, 0) is 0 Å². The van der Waals surface area contributed by atoms with Crippen molar-refractivity contribution in [2.45, 2.75) is 70.6 Å². The molecule has 0 aromatic carbocycles. The average Bonchev–Trinajstić information content (AvgIpc) is 2.25. The Hall–Kier alpha value is -0.0400. The van der Waals surface area contributed by atoms with Crippen LogP contribution in [0.2, 0.25) is 0 Å². The lowest BCUT2D eigenvalue weighted by atomic mass is 9.85. The summed E-state index contributed by atoms with van der Waals surface area (Å²) in [6.07, 6.45) is 15.3. The first-order chi connectivity index (χ1) is 6.93. The van der Waals surface area contributed by atoms with Gasteiger partial charge < -0.3 is 5.11 Å². The lowest BCUT2D eigenvalue weighted by Gasteiger charge is -2.21. The number of hydrogen-bond acceptors (Lipinski definition) is 1. The fourth-order valence-corrected chi connectivity index (χ4v) is 2.55. The van der Waals surface area contributed by atoms with Crippen molar-refractivity contribution in [3.8, 4) is 0 Å². The maximum atomic E-state index is 8.63. The smallest absolute Gasteiger partial charge is 0.0431 e. The van der Waals surface area contributed by atoms with E-state index in [1.54, 1.807) is 0 Å². The minimum atomic E-state index is 0.378. The van der Waals surface area contributed by atoms with Gasteiger partial charge in [0.15, 0.2) is 0 Å². The van der Waals surface area contributed by atoms with E-state index in [0.29, 0.717) is 6.61 Å². The van der Waals surface area contributed by atoms with Gasteiger partial charge in [-0.15, -0.1) is 0 Å². The van der Waals surface area contributed by atoms with Crippen LogP contribution in [0.5, 0.6) is 0 Å². The van der Waals surface area contributed by atoms with Crippen LogP contribution in [0.1, 0.15) is 70.6 Å². The predicted octanol–water partition coefficient (Wildman–Crippen LogP) is 3.90. The molecule has 1 aliphatic carbocycles. The van der Waals surface area contributed by atoms with E-state index in [0.717, 1.165) is 12.3 Å². The van der Waals surface area contributed by atoms with E-state index in [4.69, 9.17) is 5.11 Å². The normalized spacial score (nSPS) is 18.6. The van der Waals surface area contributed by atoms with Crippen LogP contribution >= 0.6 is 0 Å². The van der Waals surface area contributed by atoms with Gasteiger partial charge in [0.1, 0.15) is 0 Å². The second kappa shape index (κ2) is 8.28. The second-order valence-electron chi connectivity index (χ2n) is 4.78. The minimum Gasteiger partial charge on any atom is -0.396 e. The molecule has 0 amide bonds. The Balaban J connectivity index is 1.82. The summed E-state index contributed by atoms with van der Waals surface area (Å²) in [7, 11) is 0. The lowest BCUT2D eigenvalue weighted by Crippen LogP contribution is -2.05. The Kier molecular flexibility index (Phi) is 7.12. The highest BCUT2D eigenvalue weighted by molar-refractivity contribution is 4.65.